The number of anilines is 1. The van der Waals surface area contributed by atoms with Crippen LogP contribution in [0.25, 0.3) is 0 Å². The molecule has 0 unspecified atom stereocenters. The van der Waals surface area contributed by atoms with Crippen molar-refractivity contribution in [2.24, 2.45) is 5.73 Å². The van der Waals surface area contributed by atoms with Gasteiger partial charge in [-0.2, -0.15) is 17.5 Å². The Morgan fingerprint density at radius 2 is 1.60 bits per heavy atom. The number of nitrogens with two attached hydrogens (primary N) is 1. The lowest BCUT2D eigenvalue weighted by atomic mass is 9.90. The van der Waals surface area contributed by atoms with Gasteiger partial charge in [-0.25, -0.2) is 18.2 Å². The molecule has 0 bridgehead atoms. The van der Waals surface area contributed by atoms with Crippen LogP contribution < -0.4 is 11.1 Å². The molecule has 0 saturated carbocycles. The Labute approximate surface area is 202 Å². The SMILES string of the molecule is NC(=O)N1CCC(c2ccc(S(=O)(=O)N3CCC(Nc4ccc(C(F)(F)F)cn4)CC3)cc2)CC1. The van der Waals surface area contributed by atoms with Crippen molar-refractivity contribution in [2.75, 3.05) is 31.5 Å². The van der Waals surface area contributed by atoms with Crippen molar-refractivity contribution in [1.29, 1.82) is 0 Å². The van der Waals surface area contributed by atoms with Crippen LogP contribution in [-0.2, 0) is 16.2 Å². The molecule has 4 rings (SSSR count). The average molecular weight is 512 g/mol. The third kappa shape index (κ3) is 5.87. The van der Waals surface area contributed by atoms with E-state index in [1.54, 1.807) is 17.0 Å². The zero-order valence-corrected chi connectivity index (χ0v) is 19.9. The number of sulfonamides is 1. The first-order valence-corrected chi connectivity index (χ1v) is 12.9. The van der Waals surface area contributed by atoms with E-state index in [4.69, 9.17) is 5.73 Å². The standard InChI is InChI=1S/C23H28F3N5O3S/c24-23(25,26)18-3-6-21(28-15-18)29-19-9-13-31(14-10-19)35(33,34)20-4-1-16(2-5-20)17-7-11-30(12-8-17)22(27)32/h1-6,15,17,19H,7-14H2,(H2,27,32)(H,28,29). The van der Waals surface area contributed by atoms with Crippen LogP contribution >= 0.6 is 0 Å². The quantitative estimate of drug-likeness (QED) is 0.638. The number of carbonyl (C=O) groups excluding carboxylic acids is 1. The number of hydrogen-bond acceptors (Lipinski definition) is 5. The zero-order valence-electron chi connectivity index (χ0n) is 19.0. The number of piperidine rings is 2. The van der Waals surface area contributed by atoms with Crippen molar-refractivity contribution < 1.29 is 26.4 Å². The lowest BCUT2D eigenvalue weighted by Crippen LogP contribution is -2.42. The Bertz CT molecular complexity index is 1120. The summed E-state index contributed by atoms with van der Waals surface area (Å²) in [7, 11) is -3.65. The zero-order chi connectivity index (χ0) is 25.2. The number of halogens is 3. The summed E-state index contributed by atoms with van der Waals surface area (Å²) >= 11 is 0. The number of primary amides is 1. The van der Waals surface area contributed by atoms with Gasteiger partial charge in [0.15, 0.2) is 0 Å². The largest absolute Gasteiger partial charge is 0.417 e. The van der Waals surface area contributed by atoms with E-state index >= 15 is 0 Å². The van der Waals surface area contributed by atoms with Crippen molar-refractivity contribution >= 4 is 21.9 Å². The molecule has 2 aliphatic heterocycles. The summed E-state index contributed by atoms with van der Waals surface area (Å²) in [5.41, 5.74) is 5.56. The maximum atomic E-state index is 13.1. The number of pyridine rings is 1. The molecule has 12 heteroatoms. The number of urea groups is 1. The first kappa shape index (κ1) is 25.2. The maximum Gasteiger partial charge on any atom is 0.417 e. The minimum Gasteiger partial charge on any atom is -0.367 e. The number of aromatic nitrogens is 1. The van der Waals surface area contributed by atoms with Crippen molar-refractivity contribution in [1.82, 2.24) is 14.2 Å². The number of likely N-dealkylation sites (tertiary alicyclic amines) is 1. The predicted octanol–water partition coefficient (Wildman–Crippen LogP) is 3.62. The van der Waals surface area contributed by atoms with Crippen LogP contribution in [-0.4, -0.2) is 60.9 Å². The predicted molar refractivity (Wildman–Crippen MR) is 124 cm³/mol. The van der Waals surface area contributed by atoms with Crippen LogP contribution in [0.1, 0.15) is 42.7 Å². The van der Waals surface area contributed by atoms with Gasteiger partial charge in [-0.05, 0) is 61.4 Å². The van der Waals surface area contributed by atoms with Gasteiger partial charge < -0.3 is 16.0 Å². The number of carbonyl (C=O) groups is 1. The second-order valence-corrected chi connectivity index (χ2v) is 10.9. The van der Waals surface area contributed by atoms with E-state index in [2.05, 4.69) is 10.3 Å². The van der Waals surface area contributed by atoms with Gasteiger partial charge in [0.25, 0.3) is 0 Å². The molecule has 8 nitrogen and oxygen atoms in total. The minimum atomic E-state index is -4.44. The molecule has 1 aromatic carbocycles. The lowest BCUT2D eigenvalue weighted by Gasteiger charge is -2.32. The van der Waals surface area contributed by atoms with E-state index < -0.39 is 27.8 Å². The first-order chi connectivity index (χ1) is 16.5. The first-order valence-electron chi connectivity index (χ1n) is 11.5. The van der Waals surface area contributed by atoms with Gasteiger partial charge in [-0.3, -0.25) is 0 Å². The van der Waals surface area contributed by atoms with E-state index in [1.165, 1.54) is 10.4 Å². The van der Waals surface area contributed by atoms with Crippen molar-refractivity contribution in [2.45, 2.75) is 48.7 Å². The number of amides is 2. The molecule has 35 heavy (non-hydrogen) atoms. The second kappa shape index (κ2) is 10.0. The summed E-state index contributed by atoms with van der Waals surface area (Å²) < 4.78 is 65.7. The summed E-state index contributed by atoms with van der Waals surface area (Å²) in [6, 6.07) is 8.68. The fourth-order valence-corrected chi connectivity index (χ4v) is 6.06. The smallest absolute Gasteiger partial charge is 0.367 e. The van der Waals surface area contributed by atoms with Gasteiger partial charge >= 0.3 is 12.2 Å². The molecule has 3 heterocycles. The fraction of sp³-hybridized carbons (Fsp3) is 0.478. The van der Waals surface area contributed by atoms with Gasteiger partial charge in [0, 0.05) is 38.4 Å². The molecule has 0 aliphatic carbocycles. The van der Waals surface area contributed by atoms with Crippen molar-refractivity contribution in [3.05, 3.63) is 53.7 Å². The monoisotopic (exact) mass is 511 g/mol. The van der Waals surface area contributed by atoms with Crippen LogP contribution in [0.5, 0.6) is 0 Å². The minimum absolute atomic E-state index is 0.0840. The Morgan fingerprint density at radius 1 is 0.971 bits per heavy atom. The molecule has 3 N–H and O–H groups in total. The Hall–Kier alpha value is -2.86. The van der Waals surface area contributed by atoms with Gasteiger partial charge in [0.05, 0.1) is 10.5 Å². The van der Waals surface area contributed by atoms with Crippen molar-refractivity contribution in [3.8, 4) is 0 Å². The van der Waals surface area contributed by atoms with E-state index in [0.29, 0.717) is 44.8 Å². The number of rotatable bonds is 5. The average Bonchev–Trinajstić information content (AvgIpc) is 2.84. The Balaban J connectivity index is 1.32. The number of nitrogens with zero attached hydrogens (tertiary/aromatic N) is 3. The van der Waals surface area contributed by atoms with Gasteiger partial charge in [-0.15, -0.1) is 0 Å². The van der Waals surface area contributed by atoms with Crippen LogP contribution in [0, 0.1) is 0 Å². The number of hydrogen-bond donors (Lipinski definition) is 2. The van der Waals surface area contributed by atoms with Crippen molar-refractivity contribution in [3.63, 3.8) is 0 Å². The van der Waals surface area contributed by atoms with E-state index in [9.17, 15) is 26.4 Å². The highest BCUT2D eigenvalue weighted by molar-refractivity contribution is 7.89. The summed E-state index contributed by atoms with van der Waals surface area (Å²) in [5, 5.41) is 3.09. The molecular formula is C23H28F3N5O3S. The van der Waals surface area contributed by atoms with E-state index in [0.717, 1.165) is 30.7 Å². The molecule has 1 aromatic heterocycles. The molecule has 2 aliphatic rings. The van der Waals surface area contributed by atoms with Gasteiger partial charge in [0.2, 0.25) is 10.0 Å². The normalized spacial score (nSPS) is 19.0. The van der Waals surface area contributed by atoms with Gasteiger partial charge in [-0.1, -0.05) is 12.1 Å². The number of nitrogens with one attached hydrogen (secondary N) is 1. The summed E-state index contributed by atoms with van der Waals surface area (Å²) in [4.78, 5) is 17.0. The molecule has 2 amide bonds. The molecule has 0 atom stereocenters. The number of benzene rings is 1. The van der Waals surface area contributed by atoms with Crippen LogP contribution in [0.4, 0.5) is 23.8 Å². The maximum absolute atomic E-state index is 13.1. The third-order valence-electron chi connectivity index (χ3n) is 6.69. The summed E-state index contributed by atoms with van der Waals surface area (Å²) in [5.74, 6) is 0.583. The highest BCUT2D eigenvalue weighted by atomic mass is 32.2. The molecule has 2 saturated heterocycles. The van der Waals surface area contributed by atoms with Crippen LogP contribution in [0.2, 0.25) is 0 Å². The molecule has 0 spiro atoms. The Kier molecular flexibility index (Phi) is 7.22. The molecule has 2 fully saturated rings. The third-order valence-corrected chi connectivity index (χ3v) is 8.61. The van der Waals surface area contributed by atoms with Crippen LogP contribution in [0.3, 0.4) is 0 Å². The fourth-order valence-electron chi connectivity index (χ4n) is 4.59. The topological polar surface area (TPSA) is 109 Å². The van der Waals surface area contributed by atoms with E-state index in [-0.39, 0.29) is 16.9 Å². The van der Waals surface area contributed by atoms with Gasteiger partial charge in [0.1, 0.15) is 5.82 Å². The molecule has 190 valence electrons. The Morgan fingerprint density at radius 3 is 2.11 bits per heavy atom. The number of alkyl halides is 3. The molecule has 2 aromatic rings. The lowest BCUT2D eigenvalue weighted by molar-refractivity contribution is -0.137. The highest BCUT2D eigenvalue weighted by Crippen LogP contribution is 2.31. The second-order valence-electron chi connectivity index (χ2n) is 8.92. The molecular weight excluding hydrogens is 483 g/mol. The summed E-state index contributed by atoms with van der Waals surface area (Å²) in [6.07, 6.45) is -1.07. The highest BCUT2D eigenvalue weighted by Gasteiger charge is 2.32. The molecule has 0 radical (unpaired) electrons. The summed E-state index contributed by atoms with van der Waals surface area (Å²) in [6.45, 7) is 1.78. The van der Waals surface area contributed by atoms with Crippen LogP contribution in [0.15, 0.2) is 47.5 Å². The van der Waals surface area contributed by atoms with E-state index in [1.807, 2.05) is 12.1 Å².